The topological polar surface area (TPSA) is 165 Å². The highest BCUT2D eigenvalue weighted by Crippen LogP contribution is 2.40. The highest BCUT2D eigenvalue weighted by atomic mass is 16.7. The smallest absolute Gasteiger partial charge is 0.395 e. The Morgan fingerprint density at radius 2 is 1.32 bits per heavy atom. The van der Waals surface area contributed by atoms with Crippen LogP contribution in [0.15, 0.2) is 42.5 Å². The first-order valence-corrected chi connectivity index (χ1v) is 6.35. The van der Waals surface area contributed by atoms with Gasteiger partial charge in [0.2, 0.25) is 0 Å². The molecular weight excluding hydrogens is 342 g/mol. The molecule has 0 amide bonds. The maximum Gasteiger partial charge on any atom is 0.519 e. The minimum atomic E-state index is -1.48. The zero-order valence-electron chi connectivity index (χ0n) is 12.1. The number of hydrogen-bond acceptors (Lipinski definition) is 9. The Balaban J connectivity index is 2.44. The van der Waals surface area contributed by atoms with Crippen molar-refractivity contribution in [3.8, 4) is 11.5 Å². The lowest BCUT2D eigenvalue weighted by molar-refractivity contribution is -0.404. The van der Waals surface area contributed by atoms with Crippen molar-refractivity contribution in [2.75, 3.05) is 0 Å². The second-order valence-electron chi connectivity index (χ2n) is 4.35. The predicted octanol–water partition coefficient (Wildman–Crippen LogP) is 2.99. The molecule has 0 radical (unpaired) electrons. The van der Waals surface area contributed by atoms with Gasteiger partial charge in [-0.15, -0.1) is 0 Å². The Kier molecular flexibility index (Phi) is 4.83. The molecule has 0 N–H and O–H groups in total. The number of ether oxygens (including phenoxy) is 2. The molecule has 0 aliphatic rings. The molecule has 2 rings (SSSR count). The molecule has 128 valence electrons. The molecule has 0 aliphatic carbocycles. The first-order chi connectivity index (χ1) is 11.8. The molecule has 0 spiro atoms. The van der Waals surface area contributed by atoms with Crippen molar-refractivity contribution >= 4 is 23.2 Å². The Morgan fingerprint density at radius 1 is 0.800 bits per heavy atom. The monoisotopic (exact) mass is 349 g/mol. The number of nitro benzene ring substituents is 3. The molecule has 25 heavy (non-hydrogen) atoms. The van der Waals surface area contributed by atoms with E-state index in [9.17, 15) is 35.1 Å². The number of carbonyl (C=O) groups excluding carboxylic acids is 1. The third-order valence-electron chi connectivity index (χ3n) is 2.77. The van der Waals surface area contributed by atoms with Crippen molar-refractivity contribution in [3.63, 3.8) is 0 Å². The molecule has 2 aromatic rings. The minimum absolute atomic E-state index is 0.0275. The van der Waals surface area contributed by atoms with Crippen molar-refractivity contribution < 1.29 is 29.0 Å². The highest BCUT2D eigenvalue weighted by Gasteiger charge is 2.34. The van der Waals surface area contributed by atoms with E-state index in [-0.39, 0.29) is 5.75 Å². The van der Waals surface area contributed by atoms with Crippen LogP contribution in [0, 0.1) is 30.3 Å². The third-order valence-corrected chi connectivity index (χ3v) is 2.77. The van der Waals surface area contributed by atoms with Gasteiger partial charge in [0.05, 0.1) is 26.9 Å². The van der Waals surface area contributed by atoms with Crippen LogP contribution in [0.25, 0.3) is 0 Å². The van der Waals surface area contributed by atoms with E-state index >= 15 is 0 Å². The maximum atomic E-state index is 11.7. The first-order valence-electron chi connectivity index (χ1n) is 6.35. The van der Waals surface area contributed by atoms with E-state index in [2.05, 4.69) is 4.74 Å². The summed E-state index contributed by atoms with van der Waals surface area (Å²) >= 11 is 0. The summed E-state index contributed by atoms with van der Waals surface area (Å²) in [5.74, 6) is -1.04. The molecule has 12 nitrogen and oxygen atoms in total. The summed E-state index contributed by atoms with van der Waals surface area (Å²) in [5.41, 5.74) is -3.14. The third kappa shape index (κ3) is 4.01. The van der Waals surface area contributed by atoms with E-state index in [1.807, 2.05) is 0 Å². The standard InChI is InChI=1S/C13H7N3O9/c17-13(24-9-4-2-1-3-5-9)25-12-10(15(20)21)6-8(14(18)19)7-11(12)16(22)23/h1-7H. The Morgan fingerprint density at radius 3 is 1.76 bits per heavy atom. The molecule has 0 atom stereocenters. The first kappa shape index (κ1) is 17.3. The number of benzene rings is 2. The van der Waals surface area contributed by atoms with E-state index < -0.39 is 43.7 Å². The quantitative estimate of drug-likeness (QED) is 0.341. The van der Waals surface area contributed by atoms with Gasteiger partial charge in [-0.2, -0.15) is 0 Å². The van der Waals surface area contributed by atoms with Gasteiger partial charge in [-0.25, -0.2) is 4.79 Å². The van der Waals surface area contributed by atoms with Crippen LogP contribution in [0.2, 0.25) is 0 Å². The van der Waals surface area contributed by atoms with E-state index in [0.29, 0.717) is 12.1 Å². The second kappa shape index (κ2) is 6.99. The number of non-ortho nitro benzene ring substituents is 1. The summed E-state index contributed by atoms with van der Waals surface area (Å²) in [5, 5.41) is 32.8. The van der Waals surface area contributed by atoms with E-state index in [0.717, 1.165) is 0 Å². The lowest BCUT2D eigenvalue weighted by Crippen LogP contribution is -2.15. The van der Waals surface area contributed by atoms with Gasteiger partial charge < -0.3 is 9.47 Å². The van der Waals surface area contributed by atoms with Gasteiger partial charge in [-0.1, -0.05) is 18.2 Å². The summed E-state index contributed by atoms with van der Waals surface area (Å²) in [4.78, 5) is 41.2. The van der Waals surface area contributed by atoms with Gasteiger partial charge in [-0.05, 0) is 12.1 Å². The van der Waals surface area contributed by atoms with E-state index in [1.165, 1.54) is 24.3 Å². The molecule has 0 fully saturated rings. The van der Waals surface area contributed by atoms with Crippen LogP contribution in [-0.4, -0.2) is 20.9 Å². The van der Waals surface area contributed by atoms with Crippen LogP contribution in [0.1, 0.15) is 0 Å². The van der Waals surface area contributed by atoms with E-state index in [1.54, 1.807) is 6.07 Å². The molecule has 0 saturated heterocycles. The van der Waals surface area contributed by atoms with Crippen LogP contribution in [0.5, 0.6) is 11.5 Å². The fourth-order valence-electron chi connectivity index (χ4n) is 1.75. The van der Waals surface area contributed by atoms with Gasteiger partial charge in [0.15, 0.2) is 0 Å². The average Bonchev–Trinajstić information content (AvgIpc) is 2.54. The lowest BCUT2D eigenvalue weighted by Gasteiger charge is -2.06. The molecule has 0 saturated carbocycles. The Labute approximate surface area is 137 Å². The molecule has 12 heteroatoms. The largest absolute Gasteiger partial charge is 0.519 e. The summed E-state index contributed by atoms with van der Waals surface area (Å²) in [6, 6.07) is 8.32. The molecule has 0 heterocycles. The normalized spacial score (nSPS) is 9.92. The zero-order valence-corrected chi connectivity index (χ0v) is 12.1. The molecule has 0 aromatic heterocycles. The van der Waals surface area contributed by atoms with Crippen LogP contribution in [0.3, 0.4) is 0 Å². The Hall–Kier alpha value is -4.09. The number of nitro groups is 3. The van der Waals surface area contributed by atoms with Gasteiger partial charge >= 0.3 is 17.5 Å². The molecular formula is C13H7N3O9. The van der Waals surface area contributed by atoms with Gasteiger partial charge in [0.25, 0.3) is 11.4 Å². The van der Waals surface area contributed by atoms with Crippen LogP contribution < -0.4 is 9.47 Å². The molecule has 2 aromatic carbocycles. The highest BCUT2D eigenvalue weighted by molar-refractivity contribution is 5.74. The average molecular weight is 349 g/mol. The summed E-state index contributed by atoms with van der Waals surface area (Å²) in [7, 11) is 0. The number of carbonyl (C=O) groups is 1. The Bertz CT molecular complexity index is 831. The fraction of sp³-hybridized carbons (Fsp3) is 0. The van der Waals surface area contributed by atoms with Crippen LogP contribution in [0.4, 0.5) is 21.9 Å². The van der Waals surface area contributed by atoms with Gasteiger partial charge in [0.1, 0.15) is 5.75 Å². The number of para-hydroxylation sites is 1. The van der Waals surface area contributed by atoms with Crippen molar-refractivity contribution in [3.05, 3.63) is 72.8 Å². The second-order valence-corrected chi connectivity index (χ2v) is 4.35. The maximum absolute atomic E-state index is 11.7. The number of nitrogens with zero attached hydrogens (tertiary/aromatic N) is 3. The fourth-order valence-corrected chi connectivity index (χ4v) is 1.75. The van der Waals surface area contributed by atoms with Gasteiger partial charge in [0, 0.05) is 0 Å². The van der Waals surface area contributed by atoms with Crippen molar-refractivity contribution in [1.29, 1.82) is 0 Å². The van der Waals surface area contributed by atoms with Crippen molar-refractivity contribution in [2.24, 2.45) is 0 Å². The van der Waals surface area contributed by atoms with Crippen LogP contribution >= 0.6 is 0 Å². The molecule has 0 unspecified atom stereocenters. The minimum Gasteiger partial charge on any atom is -0.395 e. The summed E-state index contributed by atoms with van der Waals surface area (Å²) < 4.78 is 9.30. The number of rotatable bonds is 5. The van der Waals surface area contributed by atoms with Crippen LogP contribution in [-0.2, 0) is 0 Å². The summed E-state index contributed by atoms with van der Waals surface area (Å²) in [6.07, 6.45) is -1.48. The zero-order chi connectivity index (χ0) is 18.6. The summed E-state index contributed by atoms with van der Waals surface area (Å²) in [6.45, 7) is 0. The van der Waals surface area contributed by atoms with Crippen molar-refractivity contribution in [2.45, 2.75) is 0 Å². The van der Waals surface area contributed by atoms with Gasteiger partial charge in [-0.3, -0.25) is 30.3 Å². The lowest BCUT2D eigenvalue weighted by atomic mass is 10.2. The van der Waals surface area contributed by atoms with Crippen molar-refractivity contribution in [1.82, 2.24) is 0 Å². The predicted molar refractivity (Wildman–Crippen MR) is 79.5 cm³/mol. The molecule has 0 aliphatic heterocycles. The van der Waals surface area contributed by atoms with E-state index in [4.69, 9.17) is 4.74 Å². The SMILES string of the molecule is O=C(Oc1ccccc1)Oc1c([N+](=O)[O-])cc([N+](=O)[O-])cc1[N+](=O)[O-]. The number of hydrogen-bond donors (Lipinski definition) is 0. The molecule has 0 bridgehead atoms.